The minimum absolute atomic E-state index is 0.256. The number of hydrogen-bond acceptors (Lipinski definition) is 1. The molecule has 0 unspecified atom stereocenters. The van der Waals surface area contributed by atoms with E-state index in [1.165, 1.54) is 42.4 Å². The van der Waals surface area contributed by atoms with Gasteiger partial charge in [0.15, 0.2) is 0 Å². The fraction of sp³-hybridized carbons (Fsp3) is 0.571. The molecule has 1 nitrogen and oxygen atoms in total. The molecule has 0 aromatic heterocycles. The molecule has 1 aromatic rings. The van der Waals surface area contributed by atoms with Gasteiger partial charge < -0.3 is 5.73 Å². The van der Waals surface area contributed by atoms with Gasteiger partial charge in [-0.15, -0.1) is 0 Å². The number of benzene rings is 1. The average Bonchev–Trinajstić information content (AvgIpc) is 2.74. The highest BCUT2D eigenvalue weighted by Crippen LogP contribution is 2.34. The monoisotopic (exact) mass is 203 g/mol. The molecule has 1 aliphatic rings. The smallest absolute Gasteiger partial charge is 0.0323 e. The van der Waals surface area contributed by atoms with Crippen LogP contribution < -0.4 is 5.73 Å². The van der Waals surface area contributed by atoms with Gasteiger partial charge in [0, 0.05) is 6.04 Å². The van der Waals surface area contributed by atoms with E-state index in [9.17, 15) is 0 Å². The van der Waals surface area contributed by atoms with E-state index in [0.717, 1.165) is 0 Å². The first-order valence-corrected chi connectivity index (χ1v) is 6.01. The van der Waals surface area contributed by atoms with Crippen molar-refractivity contribution in [3.63, 3.8) is 0 Å². The molecule has 1 fully saturated rings. The van der Waals surface area contributed by atoms with Crippen LogP contribution in [-0.2, 0) is 0 Å². The van der Waals surface area contributed by atoms with Gasteiger partial charge in [0.1, 0.15) is 0 Å². The van der Waals surface area contributed by atoms with Crippen LogP contribution in [0.15, 0.2) is 18.2 Å². The molecule has 0 bridgehead atoms. The molecule has 1 heteroatoms. The summed E-state index contributed by atoms with van der Waals surface area (Å²) in [6.45, 7) is 4.32. The molecule has 1 aliphatic carbocycles. The lowest BCUT2D eigenvalue weighted by atomic mass is 9.91. The van der Waals surface area contributed by atoms with Crippen molar-refractivity contribution in [1.82, 2.24) is 0 Å². The molecule has 0 saturated heterocycles. The van der Waals surface area contributed by atoms with Crippen molar-refractivity contribution in [3.05, 3.63) is 34.9 Å². The van der Waals surface area contributed by atoms with Gasteiger partial charge >= 0.3 is 0 Å². The molecular formula is C14H21N. The highest BCUT2D eigenvalue weighted by molar-refractivity contribution is 5.31. The summed E-state index contributed by atoms with van der Waals surface area (Å²) in [7, 11) is 0. The van der Waals surface area contributed by atoms with E-state index in [1.807, 2.05) is 0 Å². The van der Waals surface area contributed by atoms with Crippen molar-refractivity contribution in [3.8, 4) is 0 Å². The maximum absolute atomic E-state index is 6.32. The summed E-state index contributed by atoms with van der Waals surface area (Å²) in [6.07, 6.45) is 5.36. The first-order valence-electron chi connectivity index (χ1n) is 6.01. The molecule has 1 saturated carbocycles. The third kappa shape index (κ3) is 2.23. The molecule has 0 heterocycles. The minimum atomic E-state index is 0.256. The van der Waals surface area contributed by atoms with E-state index in [1.54, 1.807) is 0 Å². The summed E-state index contributed by atoms with van der Waals surface area (Å²) in [6, 6.07) is 6.91. The summed E-state index contributed by atoms with van der Waals surface area (Å²) < 4.78 is 0. The molecule has 2 N–H and O–H groups in total. The molecule has 0 spiro atoms. The standard InChI is InChI=1S/C14H21N/c1-10-7-8-13(9-11(10)2)14(15)12-5-3-4-6-12/h7-9,12,14H,3-6,15H2,1-2H3/t14-/m1/s1. The largest absolute Gasteiger partial charge is 0.324 e. The van der Waals surface area contributed by atoms with E-state index in [4.69, 9.17) is 5.73 Å². The van der Waals surface area contributed by atoms with Crippen molar-refractivity contribution in [1.29, 1.82) is 0 Å². The summed E-state index contributed by atoms with van der Waals surface area (Å²) in [4.78, 5) is 0. The van der Waals surface area contributed by atoms with Crippen LogP contribution in [0.25, 0.3) is 0 Å². The summed E-state index contributed by atoms with van der Waals surface area (Å²) in [5, 5.41) is 0. The SMILES string of the molecule is Cc1ccc([C@H](N)C2CCCC2)cc1C. The summed E-state index contributed by atoms with van der Waals surface area (Å²) >= 11 is 0. The van der Waals surface area contributed by atoms with Gasteiger partial charge in [-0.25, -0.2) is 0 Å². The van der Waals surface area contributed by atoms with Gasteiger partial charge in [-0.05, 0) is 49.3 Å². The molecule has 15 heavy (non-hydrogen) atoms. The third-order valence-corrected chi connectivity index (χ3v) is 3.82. The van der Waals surface area contributed by atoms with E-state index in [0.29, 0.717) is 5.92 Å². The lowest BCUT2D eigenvalue weighted by Crippen LogP contribution is -2.19. The zero-order valence-corrected chi connectivity index (χ0v) is 9.79. The Balaban J connectivity index is 2.17. The number of nitrogens with two attached hydrogens (primary N) is 1. The normalized spacial score (nSPS) is 19.4. The van der Waals surface area contributed by atoms with Gasteiger partial charge in [0.25, 0.3) is 0 Å². The van der Waals surface area contributed by atoms with Crippen molar-refractivity contribution >= 4 is 0 Å². The zero-order chi connectivity index (χ0) is 10.8. The molecule has 1 atom stereocenters. The van der Waals surface area contributed by atoms with Gasteiger partial charge in [0.2, 0.25) is 0 Å². The quantitative estimate of drug-likeness (QED) is 0.782. The van der Waals surface area contributed by atoms with Crippen LogP contribution in [0.4, 0.5) is 0 Å². The fourth-order valence-electron chi connectivity index (χ4n) is 2.56. The lowest BCUT2D eigenvalue weighted by Gasteiger charge is -2.20. The van der Waals surface area contributed by atoms with Gasteiger partial charge in [0.05, 0.1) is 0 Å². The van der Waals surface area contributed by atoms with Gasteiger partial charge in [-0.2, -0.15) is 0 Å². The highest BCUT2D eigenvalue weighted by atomic mass is 14.7. The second kappa shape index (κ2) is 4.36. The molecule has 82 valence electrons. The van der Waals surface area contributed by atoms with E-state index < -0.39 is 0 Å². The van der Waals surface area contributed by atoms with E-state index >= 15 is 0 Å². The van der Waals surface area contributed by atoms with Crippen molar-refractivity contribution < 1.29 is 0 Å². The highest BCUT2D eigenvalue weighted by Gasteiger charge is 2.23. The maximum Gasteiger partial charge on any atom is 0.0323 e. The zero-order valence-electron chi connectivity index (χ0n) is 9.79. The molecule has 0 amide bonds. The topological polar surface area (TPSA) is 26.0 Å². The Hall–Kier alpha value is -0.820. The number of rotatable bonds is 2. The number of aryl methyl sites for hydroxylation is 2. The Morgan fingerprint density at radius 3 is 2.40 bits per heavy atom. The molecule has 2 rings (SSSR count). The lowest BCUT2D eigenvalue weighted by molar-refractivity contribution is 0.445. The van der Waals surface area contributed by atoms with Gasteiger partial charge in [-0.3, -0.25) is 0 Å². The average molecular weight is 203 g/mol. The van der Waals surface area contributed by atoms with Crippen LogP contribution in [0.2, 0.25) is 0 Å². The maximum atomic E-state index is 6.32. The van der Waals surface area contributed by atoms with Crippen molar-refractivity contribution in [2.45, 2.75) is 45.6 Å². The molecule has 0 radical (unpaired) electrons. The van der Waals surface area contributed by atoms with Crippen LogP contribution in [0, 0.1) is 19.8 Å². The van der Waals surface area contributed by atoms with E-state index in [2.05, 4.69) is 32.0 Å². The predicted molar refractivity (Wildman–Crippen MR) is 64.8 cm³/mol. The molecule has 1 aromatic carbocycles. The Morgan fingerprint density at radius 2 is 1.80 bits per heavy atom. The molecule has 0 aliphatic heterocycles. The van der Waals surface area contributed by atoms with Crippen molar-refractivity contribution in [2.24, 2.45) is 11.7 Å². The van der Waals surface area contributed by atoms with E-state index in [-0.39, 0.29) is 6.04 Å². The summed E-state index contributed by atoms with van der Waals surface area (Å²) in [5.74, 6) is 0.715. The van der Waals surface area contributed by atoms with Gasteiger partial charge in [-0.1, -0.05) is 31.0 Å². The number of hydrogen-bond donors (Lipinski definition) is 1. The fourth-order valence-corrected chi connectivity index (χ4v) is 2.56. The second-order valence-corrected chi connectivity index (χ2v) is 4.91. The summed E-state index contributed by atoms with van der Waals surface area (Å²) in [5.41, 5.74) is 10.4. The minimum Gasteiger partial charge on any atom is -0.324 e. The Bertz CT molecular complexity index is 337. The second-order valence-electron chi connectivity index (χ2n) is 4.91. The Kier molecular flexibility index (Phi) is 3.11. The predicted octanol–water partition coefficient (Wildman–Crippen LogP) is 3.49. The molecular weight excluding hydrogens is 182 g/mol. The van der Waals surface area contributed by atoms with Crippen molar-refractivity contribution in [2.75, 3.05) is 0 Å². The van der Waals surface area contributed by atoms with Crippen LogP contribution in [0.5, 0.6) is 0 Å². The van der Waals surface area contributed by atoms with Crippen LogP contribution in [0.3, 0.4) is 0 Å². The van der Waals surface area contributed by atoms with Crippen LogP contribution >= 0.6 is 0 Å². The van der Waals surface area contributed by atoms with Crippen LogP contribution in [0.1, 0.15) is 48.4 Å². The first-order chi connectivity index (χ1) is 7.18. The van der Waals surface area contributed by atoms with Crippen LogP contribution in [-0.4, -0.2) is 0 Å². The third-order valence-electron chi connectivity index (χ3n) is 3.82. The Morgan fingerprint density at radius 1 is 1.13 bits per heavy atom. The first kappa shape index (κ1) is 10.7. The Labute approximate surface area is 92.7 Å².